The van der Waals surface area contributed by atoms with Crippen LogP contribution in [0.25, 0.3) is 0 Å². The van der Waals surface area contributed by atoms with E-state index in [0.29, 0.717) is 11.4 Å². The van der Waals surface area contributed by atoms with Gasteiger partial charge in [0.25, 0.3) is 10.0 Å². The highest BCUT2D eigenvalue weighted by molar-refractivity contribution is 7.92. The standard InChI is InChI=1S/C13H15N3O3S/c1-9-5-6-15-8-11(9)16-20(17,18)13-7-10(14)3-4-12(13)19-2/h3-8,16H,14H2,1-2H3. The molecule has 0 spiro atoms. The van der Waals surface area contributed by atoms with E-state index in [1.165, 1.54) is 25.4 Å². The second-order valence-corrected chi connectivity index (χ2v) is 5.86. The molecule has 1 heterocycles. The summed E-state index contributed by atoms with van der Waals surface area (Å²) in [6.07, 6.45) is 3.04. The lowest BCUT2D eigenvalue weighted by Gasteiger charge is -2.13. The Morgan fingerprint density at radius 1 is 1.30 bits per heavy atom. The number of nitrogens with two attached hydrogens (primary N) is 1. The summed E-state index contributed by atoms with van der Waals surface area (Å²) in [4.78, 5) is 3.89. The van der Waals surface area contributed by atoms with Gasteiger partial charge in [0.1, 0.15) is 10.6 Å². The zero-order valence-corrected chi connectivity index (χ0v) is 11.9. The van der Waals surface area contributed by atoms with Gasteiger partial charge in [0, 0.05) is 11.9 Å². The lowest BCUT2D eigenvalue weighted by atomic mass is 10.3. The van der Waals surface area contributed by atoms with E-state index in [4.69, 9.17) is 10.5 Å². The average molecular weight is 293 g/mol. The molecule has 0 saturated carbocycles. The summed E-state index contributed by atoms with van der Waals surface area (Å²) in [6.45, 7) is 1.79. The Kier molecular flexibility index (Phi) is 3.80. The Morgan fingerprint density at radius 3 is 2.70 bits per heavy atom. The lowest BCUT2D eigenvalue weighted by molar-refractivity contribution is 0.403. The molecule has 0 aliphatic carbocycles. The van der Waals surface area contributed by atoms with Crippen LogP contribution in [0.5, 0.6) is 5.75 Å². The number of anilines is 2. The fraction of sp³-hybridized carbons (Fsp3) is 0.154. The molecule has 0 aliphatic rings. The molecule has 0 aliphatic heterocycles. The molecule has 0 radical (unpaired) electrons. The van der Waals surface area contributed by atoms with E-state index >= 15 is 0 Å². The van der Waals surface area contributed by atoms with E-state index < -0.39 is 10.0 Å². The average Bonchev–Trinajstić information content (AvgIpc) is 2.41. The number of sulfonamides is 1. The van der Waals surface area contributed by atoms with Crippen molar-refractivity contribution in [1.82, 2.24) is 4.98 Å². The number of hydrogen-bond donors (Lipinski definition) is 2. The van der Waals surface area contributed by atoms with Gasteiger partial charge in [-0.15, -0.1) is 0 Å². The molecule has 20 heavy (non-hydrogen) atoms. The number of pyridine rings is 1. The summed E-state index contributed by atoms with van der Waals surface area (Å²) >= 11 is 0. The highest BCUT2D eigenvalue weighted by Gasteiger charge is 2.20. The number of aromatic nitrogens is 1. The molecule has 106 valence electrons. The minimum absolute atomic E-state index is 0.0109. The minimum Gasteiger partial charge on any atom is -0.495 e. The second-order valence-electron chi connectivity index (χ2n) is 4.21. The van der Waals surface area contributed by atoms with E-state index in [1.54, 1.807) is 25.3 Å². The van der Waals surface area contributed by atoms with Crippen molar-refractivity contribution in [3.63, 3.8) is 0 Å². The zero-order valence-electron chi connectivity index (χ0n) is 11.1. The molecule has 0 fully saturated rings. The summed E-state index contributed by atoms with van der Waals surface area (Å²) < 4.78 is 32.4. The summed E-state index contributed by atoms with van der Waals surface area (Å²) in [5.74, 6) is 0.230. The van der Waals surface area contributed by atoms with Crippen LogP contribution in [0, 0.1) is 6.92 Å². The molecule has 6 nitrogen and oxygen atoms in total. The van der Waals surface area contributed by atoms with Gasteiger partial charge in [0.2, 0.25) is 0 Å². The van der Waals surface area contributed by atoms with Crippen molar-refractivity contribution in [2.45, 2.75) is 11.8 Å². The Balaban J connectivity index is 2.46. The summed E-state index contributed by atoms with van der Waals surface area (Å²) in [5, 5.41) is 0. The van der Waals surface area contributed by atoms with Gasteiger partial charge in [0.05, 0.1) is 19.0 Å². The van der Waals surface area contributed by atoms with Gasteiger partial charge in [-0.05, 0) is 36.8 Å². The molecule has 1 aromatic heterocycles. The number of ether oxygens (including phenoxy) is 1. The third-order valence-electron chi connectivity index (χ3n) is 2.76. The smallest absolute Gasteiger partial charge is 0.265 e. The van der Waals surface area contributed by atoms with Crippen LogP contribution in [0.1, 0.15) is 5.56 Å². The molecule has 0 bridgehead atoms. The molecule has 2 aromatic rings. The molecule has 2 rings (SSSR count). The highest BCUT2D eigenvalue weighted by atomic mass is 32.2. The van der Waals surface area contributed by atoms with Crippen LogP contribution >= 0.6 is 0 Å². The fourth-order valence-electron chi connectivity index (χ4n) is 1.67. The molecule has 0 atom stereocenters. The molecular weight excluding hydrogens is 278 g/mol. The summed E-state index contributed by atoms with van der Waals surface area (Å²) in [5.41, 5.74) is 7.17. The van der Waals surface area contributed by atoms with Crippen molar-refractivity contribution in [3.8, 4) is 5.75 Å². The molecular formula is C13H15N3O3S. The minimum atomic E-state index is -3.80. The van der Waals surface area contributed by atoms with Crippen molar-refractivity contribution in [2.75, 3.05) is 17.6 Å². The molecule has 0 unspecified atom stereocenters. The van der Waals surface area contributed by atoms with Gasteiger partial charge in [-0.2, -0.15) is 0 Å². The molecule has 7 heteroatoms. The monoisotopic (exact) mass is 293 g/mol. The van der Waals surface area contributed by atoms with Gasteiger partial charge in [0.15, 0.2) is 0 Å². The Hall–Kier alpha value is -2.28. The number of benzene rings is 1. The van der Waals surface area contributed by atoms with Gasteiger partial charge >= 0.3 is 0 Å². The number of hydrogen-bond acceptors (Lipinski definition) is 5. The predicted octanol–water partition coefficient (Wildman–Crippen LogP) is 1.78. The lowest BCUT2D eigenvalue weighted by Crippen LogP contribution is -2.15. The first-order valence-electron chi connectivity index (χ1n) is 5.81. The van der Waals surface area contributed by atoms with Gasteiger partial charge in [-0.1, -0.05) is 0 Å². The quantitative estimate of drug-likeness (QED) is 0.838. The van der Waals surface area contributed by atoms with Gasteiger partial charge in [-0.3, -0.25) is 9.71 Å². The van der Waals surface area contributed by atoms with E-state index in [9.17, 15) is 8.42 Å². The number of nitrogens with one attached hydrogen (secondary N) is 1. The first-order chi connectivity index (χ1) is 9.44. The van der Waals surface area contributed by atoms with Crippen molar-refractivity contribution in [3.05, 3.63) is 42.2 Å². The molecule has 3 N–H and O–H groups in total. The zero-order chi connectivity index (χ0) is 14.8. The fourth-order valence-corrected chi connectivity index (χ4v) is 2.99. The van der Waals surface area contributed by atoms with Crippen LogP contribution in [-0.4, -0.2) is 20.5 Å². The molecule has 1 aromatic carbocycles. The maximum atomic E-state index is 12.4. The topological polar surface area (TPSA) is 94.3 Å². The van der Waals surface area contributed by atoms with Crippen LogP contribution in [0.3, 0.4) is 0 Å². The van der Waals surface area contributed by atoms with Gasteiger partial charge < -0.3 is 10.5 Å². The van der Waals surface area contributed by atoms with E-state index in [0.717, 1.165) is 5.56 Å². The third kappa shape index (κ3) is 2.83. The molecule has 0 saturated heterocycles. The first kappa shape index (κ1) is 14.1. The maximum absolute atomic E-state index is 12.4. The van der Waals surface area contributed by atoms with Crippen LogP contribution in [0.4, 0.5) is 11.4 Å². The number of methoxy groups -OCH3 is 1. The highest BCUT2D eigenvalue weighted by Crippen LogP contribution is 2.28. The second kappa shape index (κ2) is 5.38. The largest absolute Gasteiger partial charge is 0.495 e. The summed E-state index contributed by atoms with van der Waals surface area (Å²) in [6, 6.07) is 6.16. The van der Waals surface area contributed by atoms with Crippen molar-refractivity contribution < 1.29 is 13.2 Å². The Labute approximate surface area is 117 Å². The van der Waals surface area contributed by atoms with Gasteiger partial charge in [-0.25, -0.2) is 8.42 Å². The number of aryl methyl sites for hydroxylation is 1. The SMILES string of the molecule is COc1ccc(N)cc1S(=O)(=O)Nc1cnccc1C. The van der Waals surface area contributed by atoms with Crippen LogP contribution in [-0.2, 0) is 10.0 Å². The number of nitrogen functional groups attached to an aromatic ring is 1. The van der Waals surface area contributed by atoms with Crippen molar-refractivity contribution in [1.29, 1.82) is 0 Å². The Morgan fingerprint density at radius 2 is 2.05 bits per heavy atom. The van der Waals surface area contributed by atoms with Crippen LogP contribution in [0.15, 0.2) is 41.6 Å². The maximum Gasteiger partial charge on any atom is 0.265 e. The first-order valence-corrected chi connectivity index (χ1v) is 7.29. The normalized spacial score (nSPS) is 11.1. The van der Waals surface area contributed by atoms with E-state index in [2.05, 4.69) is 9.71 Å². The summed E-state index contributed by atoms with van der Waals surface area (Å²) in [7, 11) is -2.39. The van der Waals surface area contributed by atoms with Crippen LogP contribution in [0.2, 0.25) is 0 Å². The third-order valence-corrected chi connectivity index (χ3v) is 4.15. The Bertz CT molecular complexity index is 729. The number of rotatable bonds is 4. The van der Waals surface area contributed by atoms with Crippen LogP contribution < -0.4 is 15.2 Å². The number of nitrogens with zero attached hydrogens (tertiary/aromatic N) is 1. The van der Waals surface area contributed by atoms with Crippen molar-refractivity contribution in [2.24, 2.45) is 0 Å². The predicted molar refractivity (Wildman–Crippen MR) is 77.2 cm³/mol. The molecule has 0 amide bonds. The van der Waals surface area contributed by atoms with E-state index in [-0.39, 0.29) is 10.6 Å². The van der Waals surface area contributed by atoms with E-state index in [1.807, 2.05) is 0 Å². The van der Waals surface area contributed by atoms with Crippen molar-refractivity contribution >= 4 is 21.4 Å².